The zero-order valence-corrected chi connectivity index (χ0v) is 14.6. The number of aromatic nitrogens is 2. The molecule has 0 radical (unpaired) electrons. The molecule has 1 rings (SSSR count). The lowest BCUT2D eigenvalue weighted by molar-refractivity contribution is -0.123. The third-order valence-electron chi connectivity index (χ3n) is 2.62. The predicted molar refractivity (Wildman–Crippen MR) is 82.7 cm³/mol. The first kappa shape index (κ1) is 18.0. The van der Waals surface area contributed by atoms with Gasteiger partial charge in [0.15, 0.2) is 0 Å². The monoisotopic (exact) mass is 334 g/mol. The van der Waals surface area contributed by atoms with Gasteiger partial charge in [0.2, 0.25) is 15.4 Å². The number of sulfonamides is 1. The molecule has 1 amide bonds. The van der Waals surface area contributed by atoms with Crippen molar-refractivity contribution in [3.63, 3.8) is 0 Å². The SMILES string of the molecule is CCC[C@H](C)NS(=O)(=O)c1nnc(NC(=O)C(C)(C)C)s1. The summed E-state index contributed by atoms with van der Waals surface area (Å²) in [5, 5.41) is 10.1. The Morgan fingerprint density at radius 2 is 1.95 bits per heavy atom. The van der Waals surface area contributed by atoms with Gasteiger partial charge < -0.3 is 5.32 Å². The molecule has 0 saturated heterocycles. The van der Waals surface area contributed by atoms with Crippen LogP contribution in [-0.4, -0.2) is 30.6 Å². The highest BCUT2D eigenvalue weighted by atomic mass is 32.2. The molecule has 0 aromatic carbocycles. The van der Waals surface area contributed by atoms with E-state index in [1.165, 1.54) is 0 Å². The predicted octanol–water partition coefficient (Wildman–Crippen LogP) is 1.99. The van der Waals surface area contributed by atoms with E-state index in [0.29, 0.717) is 0 Å². The molecule has 0 spiro atoms. The fourth-order valence-corrected chi connectivity index (χ4v) is 3.65. The maximum absolute atomic E-state index is 12.1. The maximum atomic E-state index is 12.1. The van der Waals surface area contributed by atoms with Gasteiger partial charge in [0.05, 0.1) is 0 Å². The van der Waals surface area contributed by atoms with Gasteiger partial charge in [0, 0.05) is 11.5 Å². The third-order valence-corrected chi connectivity index (χ3v) is 5.41. The minimum Gasteiger partial charge on any atom is -0.300 e. The minimum absolute atomic E-state index is 0.144. The number of anilines is 1. The Kier molecular flexibility index (Phi) is 5.83. The quantitative estimate of drug-likeness (QED) is 0.775. The van der Waals surface area contributed by atoms with Gasteiger partial charge in [-0.2, -0.15) is 0 Å². The summed E-state index contributed by atoms with van der Waals surface area (Å²) in [5.41, 5.74) is -0.585. The molecule has 0 aliphatic heterocycles. The highest BCUT2D eigenvalue weighted by Gasteiger charge is 2.25. The van der Waals surface area contributed by atoms with E-state index in [1.807, 2.05) is 6.92 Å². The Morgan fingerprint density at radius 1 is 1.33 bits per heavy atom. The Labute approximate surface area is 129 Å². The van der Waals surface area contributed by atoms with E-state index in [1.54, 1.807) is 27.7 Å². The first-order valence-electron chi connectivity index (χ1n) is 6.73. The molecule has 21 heavy (non-hydrogen) atoms. The fraction of sp³-hybridized carbons (Fsp3) is 0.750. The second-order valence-corrected chi connectivity index (χ2v) is 8.75. The maximum Gasteiger partial charge on any atom is 0.270 e. The molecular weight excluding hydrogens is 312 g/mol. The van der Waals surface area contributed by atoms with E-state index in [-0.39, 0.29) is 21.4 Å². The van der Waals surface area contributed by atoms with Crippen LogP contribution in [0.4, 0.5) is 5.13 Å². The van der Waals surface area contributed by atoms with Gasteiger partial charge in [-0.15, -0.1) is 10.2 Å². The molecule has 2 N–H and O–H groups in total. The van der Waals surface area contributed by atoms with Gasteiger partial charge in [-0.1, -0.05) is 45.5 Å². The highest BCUT2D eigenvalue weighted by molar-refractivity contribution is 7.91. The van der Waals surface area contributed by atoms with Crippen LogP contribution in [0.15, 0.2) is 4.34 Å². The standard InChI is InChI=1S/C12H22N4O3S2/c1-6-7-8(2)16-21(18,19)11-15-14-10(20-11)13-9(17)12(3,4)5/h8,16H,6-7H2,1-5H3,(H,13,14,17)/t8-/m0/s1. The molecule has 0 unspecified atom stereocenters. The average molecular weight is 334 g/mol. The number of carbonyl (C=O) groups is 1. The van der Waals surface area contributed by atoms with Crippen molar-refractivity contribution in [3.8, 4) is 0 Å². The molecule has 0 aliphatic carbocycles. The van der Waals surface area contributed by atoms with Crippen LogP contribution in [0.3, 0.4) is 0 Å². The molecule has 1 heterocycles. The summed E-state index contributed by atoms with van der Waals surface area (Å²) in [7, 11) is -3.69. The van der Waals surface area contributed by atoms with E-state index < -0.39 is 15.4 Å². The van der Waals surface area contributed by atoms with Crippen molar-refractivity contribution in [2.24, 2.45) is 5.41 Å². The minimum atomic E-state index is -3.69. The molecule has 0 aliphatic rings. The Morgan fingerprint density at radius 3 is 2.48 bits per heavy atom. The van der Waals surface area contributed by atoms with Crippen molar-refractivity contribution in [3.05, 3.63) is 0 Å². The van der Waals surface area contributed by atoms with E-state index in [4.69, 9.17) is 0 Å². The lowest BCUT2D eigenvalue weighted by Gasteiger charge is -2.15. The molecule has 1 aromatic rings. The van der Waals surface area contributed by atoms with E-state index in [2.05, 4.69) is 20.2 Å². The molecule has 0 saturated carbocycles. The summed E-state index contributed by atoms with van der Waals surface area (Å²) in [6.45, 7) is 9.05. The summed E-state index contributed by atoms with van der Waals surface area (Å²) < 4.78 is 26.6. The lowest BCUT2D eigenvalue weighted by Crippen LogP contribution is -2.32. The topological polar surface area (TPSA) is 101 Å². The van der Waals surface area contributed by atoms with Crippen LogP contribution in [0.2, 0.25) is 0 Å². The second-order valence-electron chi connectivity index (χ2n) is 5.89. The van der Waals surface area contributed by atoms with Crippen molar-refractivity contribution in [2.45, 2.75) is 57.8 Å². The van der Waals surface area contributed by atoms with Crippen LogP contribution in [-0.2, 0) is 14.8 Å². The first-order chi connectivity index (χ1) is 9.56. The van der Waals surface area contributed by atoms with Crippen LogP contribution in [0.25, 0.3) is 0 Å². The van der Waals surface area contributed by atoms with Crippen molar-refractivity contribution in [1.82, 2.24) is 14.9 Å². The van der Waals surface area contributed by atoms with Crippen molar-refractivity contribution in [1.29, 1.82) is 0 Å². The summed E-state index contributed by atoms with van der Waals surface area (Å²) in [5.74, 6) is -0.241. The van der Waals surface area contributed by atoms with Gasteiger partial charge in [-0.25, -0.2) is 13.1 Å². The molecule has 120 valence electrons. The van der Waals surface area contributed by atoms with Crippen molar-refractivity contribution >= 4 is 32.4 Å². The number of hydrogen-bond donors (Lipinski definition) is 2. The molecule has 1 atom stereocenters. The average Bonchev–Trinajstić information content (AvgIpc) is 2.76. The lowest BCUT2D eigenvalue weighted by atomic mass is 9.96. The second kappa shape index (κ2) is 6.80. The van der Waals surface area contributed by atoms with Crippen LogP contribution >= 0.6 is 11.3 Å². The number of rotatable bonds is 6. The smallest absolute Gasteiger partial charge is 0.270 e. The zero-order valence-electron chi connectivity index (χ0n) is 12.9. The number of amides is 1. The normalized spacial score (nSPS) is 14.0. The third kappa shape index (κ3) is 5.33. The largest absolute Gasteiger partial charge is 0.300 e. The van der Waals surface area contributed by atoms with Gasteiger partial charge >= 0.3 is 0 Å². The highest BCUT2D eigenvalue weighted by Crippen LogP contribution is 2.23. The van der Waals surface area contributed by atoms with Crippen molar-refractivity contribution < 1.29 is 13.2 Å². The molecule has 0 bridgehead atoms. The Bertz CT molecular complexity index is 590. The first-order valence-corrected chi connectivity index (χ1v) is 9.03. The van der Waals surface area contributed by atoms with E-state index >= 15 is 0 Å². The van der Waals surface area contributed by atoms with Gasteiger partial charge in [-0.05, 0) is 13.3 Å². The molecule has 9 heteroatoms. The van der Waals surface area contributed by atoms with Gasteiger partial charge in [0.25, 0.3) is 10.0 Å². The number of nitrogens with one attached hydrogen (secondary N) is 2. The van der Waals surface area contributed by atoms with Crippen LogP contribution < -0.4 is 10.0 Å². The molecule has 0 fully saturated rings. The molecular formula is C12H22N4O3S2. The Balaban J connectivity index is 2.81. The van der Waals surface area contributed by atoms with Crippen LogP contribution in [0, 0.1) is 5.41 Å². The van der Waals surface area contributed by atoms with E-state index in [9.17, 15) is 13.2 Å². The number of nitrogens with zero attached hydrogens (tertiary/aromatic N) is 2. The molecule has 1 aromatic heterocycles. The Hall–Kier alpha value is -1.06. The summed E-state index contributed by atoms with van der Waals surface area (Å²) >= 11 is 0.840. The van der Waals surface area contributed by atoms with Crippen LogP contribution in [0.5, 0.6) is 0 Å². The zero-order chi connectivity index (χ0) is 16.3. The van der Waals surface area contributed by atoms with E-state index in [0.717, 1.165) is 24.2 Å². The van der Waals surface area contributed by atoms with Gasteiger partial charge in [-0.3, -0.25) is 4.79 Å². The van der Waals surface area contributed by atoms with Crippen molar-refractivity contribution in [2.75, 3.05) is 5.32 Å². The summed E-state index contributed by atoms with van der Waals surface area (Å²) in [4.78, 5) is 11.8. The van der Waals surface area contributed by atoms with Gasteiger partial charge in [0.1, 0.15) is 0 Å². The molecule has 7 nitrogen and oxygen atoms in total. The fourth-order valence-electron chi connectivity index (χ4n) is 1.46. The van der Waals surface area contributed by atoms with Crippen LogP contribution in [0.1, 0.15) is 47.5 Å². The summed E-state index contributed by atoms with van der Waals surface area (Å²) in [6.07, 6.45) is 1.62. The number of carbonyl (C=O) groups excluding carboxylic acids is 1. The number of hydrogen-bond acceptors (Lipinski definition) is 6. The summed E-state index contributed by atoms with van der Waals surface area (Å²) in [6, 6.07) is -0.170.